The van der Waals surface area contributed by atoms with Crippen molar-refractivity contribution in [3.63, 3.8) is 0 Å². The van der Waals surface area contributed by atoms with Crippen molar-refractivity contribution in [1.82, 2.24) is 39.1 Å². The lowest BCUT2D eigenvalue weighted by molar-refractivity contribution is -0.0410. The molecule has 1 fully saturated rings. The summed E-state index contributed by atoms with van der Waals surface area (Å²) in [4.78, 5) is 28.2. The van der Waals surface area contributed by atoms with Gasteiger partial charge in [-0.2, -0.15) is 14.6 Å². The molecule has 5 heterocycles. The molecule has 0 aliphatic carbocycles. The first kappa shape index (κ1) is 21.6. The van der Waals surface area contributed by atoms with Gasteiger partial charge in [-0.3, -0.25) is 4.79 Å². The van der Waals surface area contributed by atoms with Gasteiger partial charge in [0.25, 0.3) is 11.7 Å². The topological polar surface area (TPSA) is 112 Å². The van der Waals surface area contributed by atoms with Gasteiger partial charge in [0.05, 0.1) is 30.1 Å². The number of carbonyl (C=O) groups excluding carboxylic acids is 1. The predicted octanol–water partition coefficient (Wildman–Crippen LogP) is 1.73. The molecule has 0 N–H and O–H groups in total. The van der Waals surface area contributed by atoms with Gasteiger partial charge < -0.3 is 14.4 Å². The zero-order valence-electron chi connectivity index (χ0n) is 18.8. The average Bonchev–Trinajstić information content (AvgIpc) is 3.40. The first-order chi connectivity index (χ1) is 15.9. The molecule has 11 nitrogen and oxygen atoms in total. The van der Waals surface area contributed by atoms with Crippen LogP contribution < -0.4 is 4.74 Å². The number of rotatable bonds is 5. The Morgan fingerprint density at radius 2 is 2.03 bits per heavy atom. The zero-order chi connectivity index (χ0) is 23.1. The number of fused-ring (bicyclic) bond motifs is 2. The fraction of sp³-hybridized carbons (Fsp3) is 0.429. The number of ether oxygens (including phenoxy) is 2. The summed E-state index contributed by atoms with van der Waals surface area (Å²) in [5, 5.41) is 9.48. The van der Waals surface area contributed by atoms with E-state index in [9.17, 15) is 4.79 Å². The van der Waals surface area contributed by atoms with E-state index in [1.807, 2.05) is 39.2 Å². The molecule has 0 spiro atoms. The SMILES string of the molecule is CSc1nc2nc(C)cc(OCC3CN(C(=O)c4cnc5cc(C)nn5c4C)CCO3)n2n1. The number of carbonyl (C=O) groups is 1. The van der Waals surface area contributed by atoms with Gasteiger partial charge in [0.1, 0.15) is 12.7 Å². The zero-order valence-corrected chi connectivity index (χ0v) is 19.7. The molecule has 0 bridgehead atoms. The summed E-state index contributed by atoms with van der Waals surface area (Å²) in [7, 11) is 0. The average molecular weight is 469 g/mol. The second-order valence-electron chi connectivity index (χ2n) is 7.91. The van der Waals surface area contributed by atoms with Crippen LogP contribution in [0.15, 0.2) is 23.5 Å². The Bertz CT molecular complexity index is 1350. The van der Waals surface area contributed by atoms with Gasteiger partial charge in [-0.1, -0.05) is 11.8 Å². The van der Waals surface area contributed by atoms with Crippen molar-refractivity contribution in [3.8, 4) is 5.88 Å². The highest BCUT2D eigenvalue weighted by atomic mass is 32.2. The van der Waals surface area contributed by atoms with Gasteiger partial charge in [-0.15, -0.1) is 5.10 Å². The lowest BCUT2D eigenvalue weighted by Crippen LogP contribution is -2.48. The maximum atomic E-state index is 13.3. The molecule has 1 aliphatic heterocycles. The Morgan fingerprint density at radius 3 is 2.85 bits per heavy atom. The highest BCUT2D eigenvalue weighted by molar-refractivity contribution is 7.98. The Labute approximate surface area is 194 Å². The van der Waals surface area contributed by atoms with E-state index in [1.165, 1.54) is 11.8 Å². The van der Waals surface area contributed by atoms with E-state index in [2.05, 4.69) is 25.1 Å². The van der Waals surface area contributed by atoms with E-state index in [-0.39, 0.29) is 18.6 Å². The van der Waals surface area contributed by atoms with E-state index in [1.54, 1.807) is 20.1 Å². The van der Waals surface area contributed by atoms with Gasteiger partial charge in [-0.05, 0) is 27.0 Å². The van der Waals surface area contributed by atoms with Gasteiger partial charge in [0.2, 0.25) is 11.0 Å². The molecule has 1 aliphatic rings. The molecule has 0 aromatic carbocycles. The molecule has 0 saturated carbocycles. The first-order valence-electron chi connectivity index (χ1n) is 10.6. The molecule has 1 amide bonds. The summed E-state index contributed by atoms with van der Waals surface area (Å²) in [6.07, 6.45) is 3.25. The standard InChI is InChI=1S/C21H24N8O3S/c1-12-8-18(29-20(23-12)24-21(26-29)33-4)32-11-15-10-27(5-6-31-15)19(30)16-9-22-17-7-13(2)25-28(17)14(16)3/h7-9,15H,5-6,10-11H2,1-4H3. The third-order valence-corrected chi connectivity index (χ3v) is 6.03. The Balaban J connectivity index is 1.31. The molecular formula is C21H24N8O3S. The highest BCUT2D eigenvalue weighted by Crippen LogP contribution is 2.19. The van der Waals surface area contributed by atoms with E-state index in [0.29, 0.717) is 42.1 Å². The van der Waals surface area contributed by atoms with Gasteiger partial charge in [-0.25, -0.2) is 14.5 Å². The number of amides is 1. The van der Waals surface area contributed by atoms with E-state index in [0.717, 1.165) is 22.7 Å². The number of thioether (sulfide) groups is 1. The van der Waals surface area contributed by atoms with Crippen LogP contribution in [-0.4, -0.2) is 83.7 Å². The number of morpholine rings is 1. The summed E-state index contributed by atoms with van der Waals surface area (Å²) in [6.45, 7) is 7.28. The van der Waals surface area contributed by atoms with Crippen LogP contribution in [0, 0.1) is 20.8 Å². The largest absolute Gasteiger partial charge is 0.475 e. The molecular weight excluding hydrogens is 444 g/mol. The molecule has 33 heavy (non-hydrogen) atoms. The van der Waals surface area contributed by atoms with E-state index in [4.69, 9.17) is 9.47 Å². The van der Waals surface area contributed by atoms with Crippen molar-refractivity contribution < 1.29 is 14.3 Å². The molecule has 1 saturated heterocycles. The maximum Gasteiger partial charge on any atom is 0.257 e. The van der Waals surface area contributed by atoms with E-state index >= 15 is 0 Å². The van der Waals surface area contributed by atoms with Gasteiger partial charge in [0.15, 0.2) is 5.65 Å². The van der Waals surface area contributed by atoms with Crippen LogP contribution in [0.5, 0.6) is 5.88 Å². The monoisotopic (exact) mass is 468 g/mol. The summed E-state index contributed by atoms with van der Waals surface area (Å²) in [5.74, 6) is 0.936. The molecule has 12 heteroatoms. The third kappa shape index (κ3) is 4.11. The number of hydrogen-bond donors (Lipinski definition) is 0. The molecule has 4 aromatic heterocycles. The normalized spacial score (nSPS) is 16.6. The lowest BCUT2D eigenvalue weighted by Gasteiger charge is -2.33. The van der Waals surface area contributed by atoms with Gasteiger partial charge in [0, 0.05) is 30.6 Å². The van der Waals surface area contributed by atoms with Crippen molar-refractivity contribution in [2.24, 2.45) is 0 Å². The van der Waals surface area contributed by atoms with Gasteiger partial charge >= 0.3 is 0 Å². The van der Waals surface area contributed by atoms with Crippen LogP contribution in [0.3, 0.4) is 0 Å². The minimum absolute atomic E-state index is 0.0913. The molecule has 172 valence electrons. The number of hydrogen-bond acceptors (Lipinski definition) is 9. The van der Waals surface area contributed by atoms with Crippen molar-refractivity contribution in [2.75, 3.05) is 32.6 Å². The minimum Gasteiger partial charge on any atom is -0.475 e. The number of nitrogens with zero attached hydrogens (tertiary/aromatic N) is 8. The van der Waals surface area contributed by atoms with Crippen LogP contribution in [0.1, 0.15) is 27.4 Å². The summed E-state index contributed by atoms with van der Waals surface area (Å²) >= 11 is 1.44. The van der Waals surface area contributed by atoms with Crippen LogP contribution in [0.2, 0.25) is 0 Å². The quantitative estimate of drug-likeness (QED) is 0.404. The Morgan fingerprint density at radius 1 is 1.18 bits per heavy atom. The van der Waals surface area contributed by atoms with Crippen LogP contribution in [0.25, 0.3) is 11.4 Å². The highest BCUT2D eigenvalue weighted by Gasteiger charge is 2.28. The molecule has 1 atom stereocenters. The third-order valence-electron chi connectivity index (χ3n) is 5.49. The molecule has 0 radical (unpaired) electrons. The fourth-order valence-corrected chi connectivity index (χ4v) is 4.19. The molecule has 1 unspecified atom stereocenters. The maximum absolute atomic E-state index is 13.3. The molecule has 4 aromatic rings. The van der Waals surface area contributed by atoms with Crippen LogP contribution >= 0.6 is 11.8 Å². The number of aromatic nitrogens is 7. The van der Waals surface area contributed by atoms with Crippen molar-refractivity contribution >= 4 is 29.1 Å². The second-order valence-corrected chi connectivity index (χ2v) is 8.69. The number of aryl methyl sites for hydroxylation is 3. The van der Waals surface area contributed by atoms with Crippen molar-refractivity contribution in [3.05, 3.63) is 41.0 Å². The Hall–Kier alpha value is -3.25. The van der Waals surface area contributed by atoms with E-state index < -0.39 is 0 Å². The minimum atomic E-state index is -0.279. The lowest BCUT2D eigenvalue weighted by atomic mass is 10.2. The summed E-state index contributed by atoms with van der Waals surface area (Å²) in [5.41, 5.74) is 3.67. The Kier molecular flexibility index (Phi) is 5.62. The predicted molar refractivity (Wildman–Crippen MR) is 121 cm³/mol. The van der Waals surface area contributed by atoms with Crippen molar-refractivity contribution in [2.45, 2.75) is 32.0 Å². The smallest absolute Gasteiger partial charge is 0.257 e. The van der Waals surface area contributed by atoms with Crippen LogP contribution in [0.4, 0.5) is 0 Å². The summed E-state index contributed by atoms with van der Waals surface area (Å²) < 4.78 is 15.2. The summed E-state index contributed by atoms with van der Waals surface area (Å²) in [6, 6.07) is 3.70. The van der Waals surface area contributed by atoms with Crippen LogP contribution in [-0.2, 0) is 4.74 Å². The fourth-order valence-electron chi connectivity index (χ4n) is 3.85. The van der Waals surface area contributed by atoms with Crippen molar-refractivity contribution in [1.29, 1.82) is 0 Å². The second kappa shape index (κ2) is 8.60. The first-order valence-corrected chi connectivity index (χ1v) is 11.8. The molecule has 5 rings (SSSR count).